The summed E-state index contributed by atoms with van der Waals surface area (Å²) in [5, 5.41) is -0.217. The topological polar surface area (TPSA) is 72.2 Å². The van der Waals surface area contributed by atoms with Crippen molar-refractivity contribution in [2.45, 2.75) is 37.0 Å². The maximum absolute atomic E-state index is 11.7. The van der Waals surface area contributed by atoms with Crippen molar-refractivity contribution < 1.29 is 8.42 Å². The van der Waals surface area contributed by atoms with E-state index in [2.05, 4.69) is 21.4 Å². The quantitative estimate of drug-likeness (QED) is 0.634. The number of rotatable bonds is 4. The van der Waals surface area contributed by atoms with Crippen LogP contribution >= 0.6 is 27.3 Å². The summed E-state index contributed by atoms with van der Waals surface area (Å²) in [4.78, 5) is 1.16. The van der Waals surface area contributed by atoms with Crippen molar-refractivity contribution in [3.8, 4) is 0 Å². The number of thiophene rings is 1. The molecule has 4 nitrogen and oxygen atoms in total. The standard InChI is InChI=1S/C12H19BrN2O2S2/c1-19(16,17)9-4-2-3-8(7-9)12(15-14)10-5-6-11(13)18-10/h5-6,8-9,12,15H,2-4,7,14H2,1H3. The second-order valence-corrected chi connectivity index (χ2v) is 9.98. The summed E-state index contributed by atoms with van der Waals surface area (Å²) in [7, 11) is -2.95. The summed E-state index contributed by atoms with van der Waals surface area (Å²) in [6.07, 6.45) is 4.79. The molecule has 1 aromatic rings. The molecular formula is C12H19BrN2O2S2. The molecule has 1 heterocycles. The van der Waals surface area contributed by atoms with Gasteiger partial charge in [-0.15, -0.1) is 11.3 Å². The van der Waals surface area contributed by atoms with Gasteiger partial charge in [0.2, 0.25) is 0 Å². The van der Waals surface area contributed by atoms with Crippen molar-refractivity contribution in [2.75, 3.05) is 6.26 Å². The van der Waals surface area contributed by atoms with E-state index in [4.69, 9.17) is 5.84 Å². The molecule has 1 saturated carbocycles. The minimum atomic E-state index is -2.95. The van der Waals surface area contributed by atoms with Crippen molar-refractivity contribution in [1.82, 2.24) is 5.43 Å². The molecule has 0 radical (unpaired) electrons. The predicted molar refractivity (Wildman–Crippen MR) is 82.7 cm³/mol. The van der Waals surface area contributed by atoms with Gasteiger partial charge in [-0.2, -0.15) is 0 Å². The SMILES string of the molecule is CS(=O)(=O)C1CCCC(C(NN)c2ccc(Br)s2)C1. The second kappa shape index (κ2) is 6.22. The molecule has 3 N–H and O–H groups in total. The Morgan fingerprint density at radius 1 is 1.47 bits per heavy atom. The van der Waals surface area contributed by atoms with Gasteiger partial charge in [0.25, 0.3) is 0 Å². The molecule has 19 heavy (non-hydrogen) atoms. The Morgan fingerprint density at radius 2 is 2.21 bits per heavy atom. The van der Waals surface area contributed by atoms with Crippen LogP contribution in [0.5, 0.6) is 0 Å². The number of halogens is 1. The van der Waals surface area contributed by atoms with Gasteiger partial charge in [-0.25, -0.2) is 8.42 Å². The first-order chi connectivity index (χ1) is 8.91. The third kappa shape index (κ3) is 3.78. The van der Waals surface area contributed by atoms with Crippen LogP contribution in [-0.4, -0.2) is 19.9 Å². The maximum Gasteiger partial charge on any atom is 0.150 e. The molecule has 0 aromatic carbocycles. The van der Waals surface area contributed by atoms with E-state index in [9.17, 15) is 8.42 Å². The molecule has 0 aliphatic heterocycles. The highest BCUT2D eigenvalue weighted by Crippen LogP contribution is 2.39. The summed E-state index contributed by atoms with van der Waals surface area (Å²) in [5.74, 6) is 5.97. The third-order valence-corrected chi connectivity index (χ3v) is 7.17. The Morgan fingerprint density at radius 3 is 2.74 bits per heavy atom. The Kier molecular flexibility index (Phi) is 5.05. The van der Waals surface area contributed by atoms with Crippen LogP contribution in [0.15, 0.2) is 15.9 Å². The Hall–Kier alpha value is 0.0500. The highest BCUT2D eigenvalue weighted by atomic mass is 79.9. The van der Waals surface area contributed by atoms with Gasteiger partial charge in [-0.1, -0.05) is 6.42 Å². The van der Waals surface area contributed by atoms with Crippen molar-refractivity contribution in [1.29, 1.82) is 0 Å². The molecule has 3 atom stereocenters. The van der Waals surface area contributed by atoms with Crippen molar-refractivity contribution in [3.63, 3.8) is 0 Å². The largest absolute Gasteiger partial charge is 0.271 e. The molecular weight excluding hydrogens is 348 g/mol. The van der Waals surface area contributed by atoms with E-state index in [-0.39, 0.29) is 17.2 Å². The molecule has 0 saturated heterocycles. The minimum absolute atomic E-state index is 0.0425. The Balaban J connectivity index is 2.15. The summed E-state index contributed by atoms with van der Waals surface area (Å²) in [5.41, 5.74) is 2.87. The van der Waals surface area contributed by atoms with E-state index in [1.807, 2.05) is 12.1 Å². The van der Waals surface area contributed by atoms with Gasteiger partial charge >= 0.3 is 0 Å². The lowest BCUT2D eigenvalue weighted by Gasteiger charge is -2.33. The molecule has 3 unspecified atom stereocenters. The molecule has 0 spiro atoms. The number of hydrazine groups is 1. The first kappa shape index (κ1) is 15.4. The lowest BCUT2D eigenvalue weighted by Crippen LogP contribution is -2.38. The van der Waals surface area contributed by atoms with Crippen molar-refractivity contribution in [2.24, 2.45) is 11.8 Å². The fraction of sp³-hybridized carbons (Fsp3) is 0.667. The predicted octanol–water partition coefficient (Wildman–Crippen LogP) is 2.62. The molecule has 1 aliphatic carbocycles. The fourth-order valence-corrected chi connectivity index (χ4v) is 5.59. The van der Waals surface area contributed by atoms with E-state index < -0.39 is 9.84 Å². The lowest BCUT2D eigenvalue weighted by atomic mass is 9.83. The normalized spacial score (nSPS) is 26.3. The number of nitrogens with two attached hydrogens (primary N) is 1. The second-order valence-electron chi connectivity index (χ2n) is 5.16. The number of nitrogens with one attached hydrogen (secondary N) is 1. The van der Waals surface area contributed by atoms with Crippen LogP contribution in [0.25, 0.3) is 0 Å². The van der Waals surface area contributed by atoms with Crippen LogP contribution in [0.4, 0.5) is 0 Å². The number of hydrogen-bond donors (Lipinski definition) is 2. The number of sulfone groups is 1. The van der Waals surface area contributed by atoms with E-state index in [1.165, 1.54) is 6.26 Å². The molecule has 108 valence electrons. The molecule has 1 fully saturated rings. The fourth-order valence-electron chi connectivity index (χ4n) is 2.82. The van der Waals surface area contributed by atoms with Gasteiger partial charge in [-0.05, 0) is 53.2 Å². The van der Waals surface area contributed by atoms with Gasteiger partial charge < -0.3 is 0 Å². The van der Waals surface area contributed by atoms with Crippen LogP contribution in [0.3, 0.4) is 0 Å². The summed E-state index contributed by atoms with van der Waals surface area (Å²) < 4.78 is 24.5. The summed E-state index contributed by atoms with van der Waals surface area (Å²) in [6.45, 7) is 0. The van der Waals surface area contributed by atoms with Crippen LogP contribution < -0.4 is 11.3 Å². The zero-order valence-corrected chi connectivity index (χ0v) is 14.0. The Bertz CT molecular complexity index is 530. The highest BCUT2D eigenvalue weighted by Gasteiger charge is 2.33. The van der Waals surface area contributed by atoms with E-state index in [0.717, 1.165) is 27.9 Å². The average Bonchev–Trinajstić information content (AvgIpc) is 2.76. The van der Waals surface area contributed by atoms with Crippen LogP contribution in [0.2, 0.25) is 0 Å². The molecule has 7 heteroatoms. The lowest BCUT2D eigenvalue weighted by molar-refractivity contribution is 0.277. The van der Waals surface area contributed by atoms with E-state index in [0.29, 0.717) is 6.42 Å². The Labute approximate surface area is 126 Å². The zero-order chi connectivity index (χ0) is 14.0. The first-order valence-corrected chi connectivity index (χ1v) is 9.88. The zero-order valence-electron chi connectivity index (χ0n) is 10.8. The first-order valence-electron chi connectivity index (χ1n) is 6.32. The van der Waals surface area contributed by atoms with Gasteiger partial charge in [0.05, 0.1) is 15.1 Å². The monoisotopic (exact) mass is 366 g/mol. The minimum Gasteiger partial charge on any atom is -0.271 e. The molecule has 2 rings (SSSR count). The molecule has 0 amide bonds. The maximum atomic E-state index is 11.7. The van der Waals surface area contributed by atoms with Gasteiger partial charge in [-0.3, -0.25) is 11.3 Å². The van der Waals surface area contributed by atoms with E-state index >= 15 is 0 Å². The van der Waals surface area contributed by atoms with Crippen LogP contribution in [-0.2, 0) is 9.84 Å². The van der Waals surface area contributed by atoms with Gasteiger partial charge in [0.1, 0.15) is 9.84 Å². The summed E-state index contributed by atoms with van der Waals surface area (Å²) >= 11 is 5.10. The molecule has 1 aromatic heterocycles. The smallest absolute Gasteiger partial charge is 0.150 e. The molecule has 0 bridgehead atoms. The van der Waals surface area contributed by atoms with Gasteiger partial charge in [0.15, 0.2) is 0 Å². The molecule has 1 aliphatic rings. The third-order valence-electron chi connectivity index (χ3n) is 3.82. The van der Waals surface area contributed by atoms with E-state index in [1.54, 1.807) is 11.3 Å². The average molecular weight is 367 g/mol. The van der Waals surface area contributed by atoms with Crippen LogP contribution in [0.1, 0.15) is 36.6 Å². The van der Waals surface area contributed by atoms with Gasteiger partial charge in [0, 0.05) is 11.1 Å². The van der Waals surface area contributed by atoms with Crippen molar-refractivity contribution in [3.05, 3.63) is 20.8 Å². The number of hydrogen-bond acceptors (Lipinski definition) is 5. The van der Waals surface area contributed by atoms with Crippen LogP contribution in [0, 0.1) is 5.92 Å². The highest BCUT2D eigenvalue weighted by molar-refractivity contribution is 9.11. The van der Waals surface area contributed by atoms with Crippen molar-refractivity contribution >= 4 is 37.1 Å². The summed E-state index contributed by atoms with van der Waals surface area (Å²) in [6, 6.07) is 4.09.